The van der Waals surface area contributed by atoms with Gasteiger partial charge in [0.15, 0.2) is 0 Å². The number of carbonyl (C=O) groups is 1. The minimum atomic E-state index is -0.173. The Morgan fingerprint density at radius 1 is 1.17 bits per heavy atom. The largest absolute Gasteiger partial charge is 0.326 e. The molecule has 0 bridgehead atoms. The van der Waals surface area contributed by atoms with E-state index in [-0.39, 0.29) is 11.7 Å². The smallest absolute Gasteiger partial charge is 0.244 e. The minimum absolute atomic E-state index is 0.173. The molecule has 1 amide bonds. The highest BCUT2D eigenvalue weighted by Crippen LogP contribution is 2.37. The van der Waals surface area contributed by atoms with Gasteiger partial charge in [0.05, 0.1) is 11.7 Å². The van der Waals surface area contributed by atoms with E-state index in [1.165, 1.54) is 44.9 Å². The maximum atomic E-state index is 12.7. The molecule has 1 saturated heterocycles. The average molecular weight is 250 g/mol. The summed E-state index contributed by atoms with van der Waals surface area (Å²) in [6.45, 7) is 3.16. The Labute approximate surface area is 110 Å². The third kappa shape index (κ3) is 2.07. The maximum Gasteiger partial charge on any atom is 0.244 e. The second-order valence-corrected chi connectivity index (χ2v) is 6.57. The van der Waals surface area contributed by atoms with E-state index in [1.807, 2.05) is 0 Å². The van der Waals surface area contributed by atoms with Crippen LogP contribution >= 0.6 is 0 Å². The normalized spacial score (nSPS) is 32.6. The molecule has 1 atom stereocenters. The van der Waals surface area contributed by atoms with Crippen molar-refractivity contribution in [3.8, 4) is 0 Å². The number of amides is 1. The van der Waals surface area contributed by atoms with Gasteiger partial charge in [-0.3, -0.25) is 10.1 Å². The molecular weight excluding hydrogens is 224 g/mol. The molecule has 2 aliphatic carbocycles. The van der Waals surface area contributed by atoms with Gasteiger partial charge in [-0.1, -0.05) is 32.1 Å². The third-order valence-electron chi connectivity index (χ3n) is 5.26. The summed E-state index contributed by atoms with van der Waals surface area (Å²) in [7, 11) is 0. The molecule has 0 radical (unpaired) electrons. The van der Waals surface area contributed by atoms with E-state index in [4.69, 9.17) is 0 Å². The Balaban J connectivity index is 1.66. The van der Waals surface area contributed by atoms with Crippen molar-refractivity contribution in [2.75, 3.05) is 6.54 Å². The predicted molar refractivity (Wildman–Crippen MR) is 72.1 cm³/mol. The van der Waals surface area contributed by atoms with Crippen LogP contribution in [0.2, 0.25) is 0 Å². The molecule has 1 spiro atoms. The van der Waals surface area contributed by atoms with Crippen LogP contribution in [0.5, 0.6) is 0 Å². The van der Waals surface area contributed by atoms with Crippen LogP contribution in [0.1, 0.15) is 64.7 Å². The number of carbonyl (C=O) groups excluding carboxylic acids is 1. The minimum Gasteiger partial charge on any atom is -0.326 e. The Morgan fingerprint density at radius 3 is 2.50 bits per heavy atom. The van der Waals surface area contributed by atoms with Crippen molar-refractivity contribution in [1.29, 1.82) is 0 Å². The molecule has 1 N–H and O–H groups in total. The lowest BCUT2D eigenvalue weighted by Gasteiger charge is -2.29. The Kier molecular flexibility index (Phi) is 3.35. The van der Waals surface area contributed by atoms with Crippen LogP contribution in [0, 0.1) is 5.92 Å². The van der Waals surface area contributed by atoms with Crippen molar-refractivity contribution in [3.05, 3.63) is 0 Å². The molecule has 2 saturated carbocycles. The van der Waals surface area contributed by atoms with E-state index in [2.05, 4.69) is 17.1 Å². The number of hydrogen-bond donors (Lipinski definition) is 1. The summed E-state index contributed by atoms with van der Waals surface area (Å²) in [6.07, 6.45) is 11.5. The molecule has 0 aromatic heterocycles. The van der Waals surface area contributed by atoms with E-state index in [9.17, 15) is 4.79 Å². The summed E-state index contributed by atoms with van der Waals surface area (Å²) in [4.78, 5) is 14.8. The van der Waals surface area contributed by atoms with E-state index in [0.29, 0.717) is 5.91 Å². The molecule has 3 aliphatic rings. The molecule has 1 heterocycles. The molecule has 3 heteroatoms. The molecule has 0 aromatic rings. The SMILES string of the molecule is CC1NC2(CCCC2)C(=O)N1CC1CCCCC1. The van der Waals surface area contributed by atoms with Gasteiger partial charge in [-0.05, 0) is 38.5 Å². The number of rotatable bonds is 2. The standard InChI is InChI=1S/C15H26N2O/c1-12-16-15(9-5-6-10-15)14(18)17(12)11-13-7-3-2-4-8-13/h12-13,16H,2-11H2,1H3. The van der Waals surface area contributed by atoms with Gasteiger partial charge in [0.1, 0.15) is 0 Å². The van der Waals surface area contributed by atoms with E-state index in [0.717, 1.165) is 25.3 Å². The highest BCUT2D eigenvalue weighted by atomic mass is 16.2. The highest BCUT2D eigenvalue weighted by Gasteiger charge is 2.51. The van der Waals surface area contributed by atoms with Crippen LogP contribution < -0.4 is 5.32 Å². The maximum absolute atomic E-state index is 12.7. The third-order valence-corrected chi connectivity index (χ3v) is 5.26. The average Bonchev–Trinajstić information content (AvgIpc) is 2.93. The summed E-state index contributed by atoms with van der Waals surface area (Å²) < 4.78 is 0. The fourth-order valence-corrected chi connectivity index (χ4v) is 4.22. The van der Waals surface area contributed by atoms with Crippen molar-refractivity contribution in [1.82, 2.24) is 10.2 Å². The van der Waals surface area contributed by atoms with Crippen LogP contribution in [-0.2, 0) is 4.79 Å². The van der Waals surface area contributed by atoms with Crippen LogP contribution in [-0.4, -0.2) is 29.1 Å². The topological polar surface area (TPSA) is 32.3 Å². The van der Waals surface area contributed by atoms with Crippen molar-refractivity contribution in [2.24, 2.45) is 5.92 Å². The summed E-state index contributed by atoms with van der Waals surface area (Å²) in [5.41, 5.74) is -0.173. The van der Waals surface area contributed by atoms with Crippen LogP contribution in [0.25, 0.3) is 0 Å². The van der Waals surface area contributed by atoms with Crippen LogP contribution in [0.3, 0.4) is 0 Å². The van der Waals surface area contributed by atoms with Gasteiger partial charge in [-0.25, -0.2) is 0 Å². The second kappa shape index (κ2) is 4.84. The van der Waals surface area contributed by atoms with Gasteiger partial charge in [-0.15, -0.1) is 0 Å². The lowest BCUT2D eigenvalue weighted by molar-refractivity contribution is -0.133. The van der Waals surface area contributed by atoms with Gasteiger partial charge in [0.2, 0.25) is 5.91 Å². The molecule has 3 fully saturated rings. The molecule has 1 aliphatic heterocycles. The molecule has 18 heavy (non-hydrogen) atoms. The summed E-state index contributed by atoms with van der Waals surface area (Å²) in [5.74, 6) is 1.15. The lowest BCUT2D eigenvalue weighted by Crippen LogP contribution is -2.44. The van der Waals surface area contributed by atoms with Gasteiger partial charge in [0, 0.05) is 6.54 Å². The van der Waals surface area contributed by atoms with Crippen molar-refractivity contribution in [2.45, 2.75) is 76.4 Å². The Bertz CT molecular complexity index is 316. The molecule has 1 unspecified atom stereocenters. The van der Waals surface area contributed by atoms with Crippen molar-refractivity contribution < 1.29 is 4.79 Å². The first-order chi connectivity index (χ1) is 8.71. The van der Waals surface area contributed by atoms with Gasteiger partial charge < -0.3 is 4.90 Å². The quantitative estimate of drug-likeness (QED) is 0.817. The fourth-order valence-electron chi connectivity index (χ4n) is 4.22. The molecule has 102 valence electrons. The summed E-state index contributed by atoms with van der Waals surface area (Å²) >= 11 is 0. The van der Waals surface area contributed by atoms with Crippen molar-refractivity contribution in [3.63, 3.8) is 0 Å². The molecule has 0 aromatic carbocycles. The Hall–Kier alpha value is -0.570. The zero-order chi connectivity index (χ0) is 12.6. The van der Waals surface area contributed by atoms with E-state index >= 15 is 0 Å². The molecular formula is C15H26N2O. The van der Waals surface area contributed by atoms with E-state index in [1.54, 1.807) is 0 Å². The number of hydrogen-bond acceptors (Lipinski definition) is 2. The first kappa shape index (κ1) is 12.5. The second-order valence-electron chi connectivity index (χ2n) is 6.57. The zero-order valence-electron chi connectivity index (χ0n) is 11.6. The zero-order valence-corrected chi connectivity index (χ0v) is 11.6. The molecule has 3 rings (SSSR count). The summed E-state index contributed by atoms with van der Waals surface area (Å²) in [6, 6.07) is 0. The first-order valence-corrected chi connectivity index (χ1v) is 7.80. The Morgan fingerprint density at radius 2 is 1.83 bits per heavy atom. The van der Waals surface area contributed by atoms with Crippen LogP contribution in [0.4, 0.5) is 0 Å². The predicted octanol–water partition coefficient (Wildman–Crippen LogP) is 2.66. The molecule has 3 nitrogen and oxygen atoms in total. The monoisotopic (exact) mass is 250 g/mol. The lowest BCUT2D eigenvalue weighted by atomic mass is 9.88. The number of nitrogens with zero attached hydrogens (tertiary/aromatic N) is 1. The van der Waals surface area contributed by atoms with Crippen molar-refractivity contribution >= 4 is 5.91 Å². The van der Waals surface area contributed by atoms with Gasteiger partial charge in [0.25, 0.3) is 0 Å². The first-order valence-electron chi connectivity index (χ1n) is 7.80. The fraction of sp³-hybridized carbons (Fsp3) is 0.933. The highest BCUT2D eigenvalue weighted by molar-refractivity contribution is 5.89. The van der Waals surface area contributed by atoms with Crippen LogP contribution in [0.15, 0.2) is 0 Å². The summed E-state index contributed by atoms with van der Waals surface area (Å²) in [5, 5.41) is 3.60. The number of nitrogens with one attached hydrogen (secondary N) is 1. The van der Waals surface area contributed by atoms with Gasteiger partial charge >= 0.3 is 0 Å². The van der Waals surface area contributed by atoms with Gasteiger partial charge in [-0.2, -0.15) is 0 Å². The van der Waals surface area contributed by atoms with E-state index < -0.39 is 0 Å².